The van der Waals surface area contributed by atoms with Crippen molar-refractivity contribution in [2.45, 2.75) is 6.42 Å². The van der Waals surface area contributed by atoms with Gasteiger partial charge >= 0.3 is 5.97 Å². The molecule has 0 fully saturated rings. The number of anilines is 1. The molecule has 2 aromatic rings. The minimum Gasteiger partial charge on any atom is -0.464 e. The van der Waals surface area contributed by atoms with Gasteiger partial charge in [-0.1, -0.05) is 0 Å². The van der Waals surface area contributed by atoms with Gasteiger partial charge in [0.15, 0.2) is 5.69 Å². The number of aromatic nitrogens is 1. The number of likely N-dealkylation sites (N-methyl/N-ethyl adjacent to an activating group) is 1. The van der Waals surface area contributed by atoms with Crippen molar-refractivity contribution in [2.24, 2.45) is 0 Å². The van der Waals surface area contributed by atoms with Gasteiger partial charge in [-0.05, 0) is 30.2 Å². The molecule has 0 N–H and O–H groups in total. The van der Waals surface area contributed by atoms with Crippen molar-refractivity contribution in [2.75, 3.05) is 25.6 Å². The van der Waals surface area contributed by atoms with E-state index in [0.29, 0.717) is 5.69 Å². The highest BCUT2D eigenvalue weighted by atomic mass is 32.1. The SMILES string of the molecule is COC(=O)c1csc(-c2ccc3c(c2)CCN3C)n1. The van der Waals surface area contributed by atoms with Crippen LogP contribution in [-0.4, -0.2) is 31.7 Å². The first kappa shape index (κ1) is 12.2. The summed E-state index contributed by atoms with van der Waals surface area (Å²) in [4.78, 5) is 18.0. The minimum absolute atomic E-state index is 0.375. The van der Waals surface area contributed by atoms with Crippen molar-refractivity contribution in [3.63, 3.8) is 0 Å². The zero-order valence-corrected chi connectivity index (χ0v) is 11.7. The van der Waals surface area contributed by atoms with Crippen molar-refractivity contribution in [3.8, 4) is 10.6 Å². The van der Waals surface area contributed by atoms with Gasteiger partial charge in [-0.3, -0.25) is 0 Å². The number of fused-ring (bicyclic) bond motifs is 1. The Bertz CT molecular complexity index is 636. The van der Waals surface area contributed by atoms with E-state index in [1.165, 1.54) is 29.7 Å². The summed E-state index contributed by atoms with van der Waals surface area (Å²) in [6.07, 6.45) is 1.06. The topological polar surface area (TPSA) is 42.4 Å². The fourth-order valence-electron chi connectivity index (χ4n) is 2.30. The monoisotopic (exact) mass is 274 g/mol. The number of esters is 1. The highest BCUT2D eigenvalue weighted by molar-refractivity contribution is 7.13. The number of nitrogens with zero attached hydrogens (tertiary/aromatic N) is 2. The molecule has 0 aliphatic carbocycles. The summed E-state index contributed by atoms with van der Waals surface area (Å²) in [5.74, 6) is -0.386. The molecule has 19 heavy (non-hydrogen) atoms. The van der Waals surface area contributed by atoms with E-state index in [1.807, 2.05) is 0 Å². The molecule has 0 spiro atoms. The van der Waals surface area contributed by atoms with Crippen LogP contribution in [0.15, 0.2) is 23.6 Å². The second kappa shape index (κ2) is 4.66. The Kier molecular flexibility index (Phi) is 2.98. The van der Waals surface area contributed by atoms with Crippen LogP contribution in [0.4, 0.5) is 5.69 Å². The van der Waals surface area contributed by atoms with Crippen LogP contribution in [0.25, 0.3) is 10.6 Å². The van der Waals surface area contributed by atoms with Crippen molar-refractivity contribution in [3.05, 3.63) is 34.8 Å². The molecule has 0 bridgehead atoms. The molecule has 4 nitrogen and oxygen atoms in total. The number of carbonyl (C=O) groups excluding carboxylic acids is 1. The molecule has 1 aliphatic heterocycles. The van der Waals surface area contributed by atoms with Crippen molar-refractivity contribution < 1.29 is 9.53 Å². The molecule has 3 rings (SSSR count). The van der Waals surface area contributed by atoms with Gasteiger partial charge in [0.25, 0.3) is 0 Å². The lowest BCUT2D eigenvalue weighted by atomic mass is 10.1. The van der Waals surface area contributed by atoms with E-state index in [4.69, 9.17) is 0 Å². The third-order valence-corrected chi connectivity index (χ3v) is 4.24. The van der Waals surface area contributed by atoms with Crippen molar-refractivity contribution >= 4 is 23.0 Å². The van der Waals surface area contributed by atoms with Crippen LogP contribution in [0.2, 0.25) is 0 Å². The highest BCUT2D eigenvalue weighted by Gasteiger charge is 2.17. The second-order valence-corrected chi connectivity index (χ2v) is 5.40. The van der Waals surface area contributed by atoms with E-state index in [-0.39, 0.29) is 5.97 Å². The molecular weight excluding hydrogens is 260 g/mol. The summed E-state index contributed by atoms with van der Waals surface area (Å²) >= 11 is 1.47. The van der Waals surface area contributed by atoms with E-state index in [9.17, 15) is 4.79 Å². The number of hydrogen-bond donors (Lipinski definition) is 0. The van der Waals surface area contributed by atoms with Crippen LogP contribution >= 0.6 is 11.3 Å². The maximum Gasteiger partial charge on any atom is 0.357 e. The van der Waals surface area contributed by atoms with E-state index < -0.39 is 0 Å². The summed E-state index contributed by atoms with van der Waals surface area (Å²) in [6.45, 7) is 1.06. The molecule has 1 aromatic carbocycles. The molecule has 0 atom stereocenters. The number of benzene rings is 1. The first-order chi connectivity index (χ1) is 9.19. The molecule has 2 heterocycles. The Morgan fingerprint density at radius 2 is 2.32 bits per heavy atom. The molecule has 0 saturated heterocycles. The van der Waals surface area contributed by atoms with Gasteiger partial charge in [-0.15, -0.1) is 11.3 Å². The predicted molar refractivity (Wildman–Crippen MR) is 75.9 cm³/mol. The van der Waals surface area contributed by atoms with Gasteiger partial charge in [-0.2, -0.15) is 0 Å². The quantitative estimate of drug-likeness (QED) is 0.789. The summed E-state index contributed by atoms with van der Waals surface area (Å²) in [7, 11) is 3.47. The van der Waals surface area contributed by atoms with Crippen LogP contribution in [0, 0.1) is 0 Å². The van der Waals surface area contributed by atoms with E-state index >= 15 is 0 Å². The highest BCUT2D eigenvalue weighted by Crippen LogP contribution is 2.32. The normalized spacial score (nSPS) is 13.5. The number of ether oxygens (including phenoxy) is 1. The lowest BCUT2D eigenvalue weighted by Crippen LogP contribution is -2.12. The molecule has 1 aromatic heterocycles. The first-order valence-electron chi connectivity index (χ1n) is 6.07. The molecule has 0 radical (unpaired) electrons. The van der Waals surface area contributed by atoms with Crippen molar-refractivity contribution in [1.82, 2.24) is 4.98 Å². The number of hydrogen-bond acceptors (Lipinski definition) is 5. The molecule has 0 unspecified atom stereocenters. The molecule has 98 valence electrons. The zero-order chi connectivity index (χ0) is 13.4. The van der Waals surface area contributed by atoms with Crippen LogP contribution in [-0.2, 0) is 11.2 Å². The average Bonchev–Trinajstić information content (AvgIpc) is 3.05. The van der Waals surface area contributed by atoms with Gasteiger partial charge in [-0.25, -0.2) is 9.78 Å². The molecular formula is C14H14N2O2S. The van der Waals surface area contributed by atoms with Crippen LogP contribution in [0.3, 0.4) is 0 Å². The lowest BCUT2D eigenvalue weighted by molar-refractivity contribution is 0.0595. The fraction of sp³-hybridized carbons (Fsp3) is 0.286. The van der Waals surface area contributed by atoms with Crippen LogP contribution in [0.5, 0.6) is 0 Å². The smallest absolute Gasteiger partial charge is 0.357 e. The summed E-state index contributed by atoms with van der Waals surface area (Å²) in [5.41, 5.74) is 4.07. The Morgan fingerprint density at radius 1 is 1.47 bits per heavy atom. The zero-order valence-electron chi connectivity index (χ0n) is 10.8. The van der Waals surface area contributed by atoms with Crippen LogP contribution < -0.4 is 4.90 Å². The minimum atomic E-state index is -0.386. The van der Waals surface area contributed by atoms with E-state index in [0.717, 1.165) is 23.5 Å². The molecule has 5 heteroatoms. The number of carbonyl (C=O) groups is 1. The second-order valence-electron chi connectivity index (χ2n) is 4.54. The summed E-state index contributed by atoms with van der Waals surface area (Å²) in [5, 5.41) is 2.60. The number of methoxy groups -OCH3 is 1. The molecule has 0 saturated carbocycles. The van der Waals surface area contributed by atoms with Gasteiger partial charge < -0.3 is 9.64 Å². The maximum absolute atomic E-state index is 11.4. The van der Waals surface area contributed by atoms with Crippen molar-refractivity contribution in [1.29, 1.82) is 0 Å². The van der Waals surface area contributed by atoms with E-state index in [2.05, 4.69) is 39.9 Å². The molecule has 0 amide bonds. The Labute approximate surface area is 115 Å². The van der Waals surface area contributed by atoms with Crippen LogP contribution in [0.1, 0.15) is 16.1 Å². The fourth-order valence-corrected chi connectivity index (χ4v) is 3.09. The predicted octanol–water partition coefficient (Wildman–Crippen LogP) is 2.59. The maximum atomic E-state index is 11.4. The Hall–Kier alpha value is -1.88. The van der Waals surface area contributed by atoms with Gasteiger partial charge in [0.1, 0.15) is 5.01 Å². The largest absolute Gasteiger partial charge is 0.464 e. The Balaban J connectivity index is 1.95. The summed E-state index contributed by atoms with van der Waals surface area (Å²) in [6, 6.07) is 6.34. The standard InChI is InChI=1S/C14H14N2O2S/c1-16-6-5-9-7-10(3-4-12(9)16)13-15-11(8-19-13)14(17)18-2/h3-4,7-8H,5-6H2,1-2H3. The van der Waals surface area contributed by atoms with Gasteiger partial charge in [0.05, 0.1) is 7.11 Å². The summed E-state index contributed by atoms with van der Waals surface area (Å²) < 4.78 is 4.67. The van der Waals surface area contributed by atoms with E-state index in [1.54, 1.807) is 5.38 Å². The third kappa shape index (κ3) is 2.10. The third-order valence-electron chi connectivity index (χ3n) is 3.35. The average molecular weight is 274 g/mol. The molecule has 1 aliphatic rings. The number of thiazole rings is 1. The van der Waals surface area contributed by atoms with Gasteiger partial charge in [0.2, 0.25) is 0 Å². The lowest BCUT2D eigenvalue weighted by Gasteiger charge is -2.11. The Morgan fingerprint density at radius 3 is 3.11 bits per heavy atom. The van der Waals surface area contributed by atoms with Gasteiger partial charge in [0, 0.05) is 30.2 Å². The first-order valence-corrected chi connectivity index (χ1v) is 6.95. The number of rotatable bonds is 2.